The van der Waals surface area contributed by atoms with Crippen molar-refractivity contribution in [3.05, 3.63) is 52.8 Å². The number of hydrogen-bond donors (Lipinski definition) is 1. The van der Waals surface area contributed by atoms with E-state index in [2.05, 4.69) is 43.2 Å². The Morgan fingerprint density at radius 2 is 1.95 bits per heavy atom. The predicted octanol–water partition coefficient (Wildman–Crippen LogP) is 4.14. The molecule has 0 aliphatic heterocycles. The molecule has 1 unspecified atom stereocenters. The summed E-state index contributed by atoms with van der Waals surface area (Å²) < 4.78 is 1.93. The Balaban J connectivity index is 1.95. The van der Waals surface area contributed by atoms with Gasteiger partial charge in [0, 0.05) is 12.1 Å². The molecule has 20 heavy (non-hydrogen) atoms. The Morgan fingerprint density at radius 3 is 2.60 bits per heavy atom. The highest BCUT2D eigenvalue weighted by Crippen LogP contribution is 2.27. The van der Waals surface area contributed by atoms with E-state index in [1.54, 1.807) is 6.20 Å². The van der Waals surface area contributed by atoms with Crippen LogP contribution in [0.25, 0.3) is 0 Å². The van der Waals surface area contributed by atoms with Crippen molar-refractivity contribution < 1.29 is 0 Å². The predicted molar refractivity (Wildman–Crippen MR) is 83.9 cm³/mol. The van der Waals surface area contributed by atoms with Crippen molar-refractivity contribution in [2.24, 2.45) is 5.73 Å². The van der Waals surface area contributed by atoms with Crippen molar-refractivity contribution in [3.8, 4) is 0 Å². The standard InChI is InChI=1S/C16H22ClN3/c1-12(2)20-16(14(17)11-19-20)15(18)10-6-9-13-7-4-3-5-8-13/h3-5,7-8,11-12,15H,6,9-10,18H2,1-2H3. The second kappa shape index (κ2) is 6.91. The van der Waals surface area contributed by atoms with Crippen molar-refractivity contribution in [2.45, 2.75) is 45.2 Å². The van der Waals surface area contributed by atoms with Gasteiger partial charge < -0.3 is 5.73 Å². The molecule has 108 valence electrons. The number of benzene rings is 1. The number of rotatable bonds is 6. The Labute approximate surface area is 125 Å². The Bertz CT molecular complexity index is 534. The van der Waals surface area contributed by atoms with Gasteiger partial charge in [0.25, 0.3) is 0 Å². The summed E-state index contributed by atoms with van der Waals surface area (Å²) in [6.45, 7) is 4.17. The van der Waals surface area contributed by atoms with Gasteiger partial charge in [-0.05, 0) is 38.7 Å². The van der Waals surface area contributed by atoms with Crippen molar-refractivity contribution in [1.82, 2.24) is 9.78 Å². The van der Waals surface area contributed by atoms with Crippen LogP contribution < -0.4 is 5.73 Å². The number of aromatic nitrogens is 2. The first-order chi connectivity index (χ1) is 9.59. The molecule has 2 N–H and O–H groups in total. The van der Waals surface area contributed by atoms with Gasteiger partial charge in [-0.25, -0.2) is 0 Å². The molecule has 1 aromatic heterocycles. The van der Waals surface area contributed by atoms with Gasteiger partial charge in [-0.2, -0.15) is 5.10 Å². The maximum absolute atomic E-state index is 6.30. The van der Waals surface area contributed by atoms with Crippen molar-refractivity contribution in [2.75, 3.05) is 0 Å². The molecule has 0 fully saturated rings. The normalized spacial score (nSPS) is 12.8. The van der Waals surface area contributed by atoms with E-state index in [-0.39, 0.29) is 12.1 Å². The van der Waals surface area contributed by atoms with Crippen LogP contribution in [0.3, 0.4) is 0 Å². The third kappa shape index (κ3) is 3.62. The molecule has 0 saturated carbocycles. The molecule has 1 aromatic carbocycles. The van der Waals surface area contributed by atoms with E-state index in [0.29, 0.717) is 5.02 Å². The summed E-state index contributed by atoms with van der Waals surface area (Å²) in [4.78, 5) is 0. The fourth-order valence-corrected chi connectivity index (χ4v) is 2.69. The first-order valence-corrected chi connectivity index (χ1v) is 7.49. The molecular weight excluding hydrogens is 270 g/mol. The lowest BCUT2D eigenvalue weighted by molar-refractivity contribution is 0.472. The van der Waals surface area contributed by atoms with E-state index in [0.717, 1.165) is 25.0 Å². The Kier molecular flexibility index (Phi) is 5.21. The quantitative estimate of drug-likeness (QED) is 0.869. The zero-order valence-corrected chi connectivity index (χ0v) is 12.8. The maximum Gasteiger partial charge on any atom is 0.0834 e. The molecule has 0 aliphatic rings. The number of nitrogens with two attached hydrogens (primary N) is 1. The summed E-state index contributed by atoms with van der Waals surface area (Å²) in [5.41, 5.74) is 8.60. The van der Waals surface area contributed by atoms with Crippen LogP contribution in [0, 0.1) is 0 Å². The first-order valence-electron chi connectivity index (χ1n) is 7.12. The van der Waals surface area contributed by atoms with Gasteiger partial charge in [0.1, 0.15) is 0 Å². The number of nitrogens with zero attached hydrogens (tertiary/aromatic N) is 2. The summed E-state index contributed by atoms with van der Waals surface area (Å²) >= 11 is 6.22. The summed E-state index contributed by atoms with van der Waals surface area (Å²) in [6, 6.07) is 10.7. The lowest BCUT2D eigenvalue weighted by Crippen LogP contribution is -2.18. The fourth-order valence-electron chi connectivity index (χ4n) is 2.42. The van der Waals surface area contributed by atoms with Gasteiger partial charge in [0.2, 0.25) is 0 Å². The highest BCUT2D eigenvalue weighted by atomic mass is 35.5. The summed E-state index contributed by atoms with van der Waals surface area (Å²) in [6.07, 6.45) is 4.69. The van der Waals surface area contributed by atoms with Crippen molar-refractivity contribution in [3.63, 3.8) is 0 Å². The molecule has 1 atom stereocenters. The van der Waals surface area contributed by atoms with E-state index in [4.69, 9.17) is 17.3 Å². The minimum atomic E-state index is -0.0592. The zero-order chi connectivity index (χ0) is 14.5. The minimum absolute atomic E-state index is 0.0592. The molecule has 0 bridgehead atoms. The smallest absolute Gasteiger partial charge is 0.0834 e. The highest BCUT2D eigenvalue weighted by molar-refractivity contribution is 6.31. The molecule has 2 aromatic rings. The Morgan fingerprint density at radius 1 is 1.25 bits per heavy atom. The van der Waals surface area contributed by atoms with Crippen LogP contribution in [0.1, 0.15) is 50.0 Å². The molecule has 4 heteroatoms. The maximum atomic E-state index is 6.30. The van der Waals surface area contributed by atoms with E-state index in [1.807, 2.05) is 10.7 Å². The van der Waals surface area contributed by atoms with Gasteiger partial charge in [-0.1, -0.05) is 41.9 Å². The molecule has 1 heterocycles. The monoisotopic (exact) mass is 291 g/mol. The number of hydrogen-bond acceptors (Lipinski definition) is 2. The van der Waals surface area contributed by atoms with E-state index >= 15 is 0 Å². The van der Waals surface area contributed by atoms with Crippen LogP contribution in [-0.2, 0) is 6.42 Å². The molecule has 0 aliphatic carbocycles. The van der Waals surface area contributed by atoms with Gasteiger partial charge in [0.05, 0.1) is 16.9 Å². The molecule has 3 nitrogen and oxygen atoms in total. The Hall–Kier alpha value is -1.32. The largest absolute Gasteiger partial charge is 0.323 e. The van der Waals surface area contributed by atoms with Crippen molar-refractivity contribution >= 4 is 11.6 Å². The van der Waals surface area contributed by atoms with Crippen LogP contribution in [0.15, 0.2) is 36.5 Å². The highest BCUT2D eigenvalue weighted by Gasteiger charge is 2.18. The van der Waals surface area contributed by atoms with Gasteiger partial charge in [0.15, 0.2) is 0 Å². The summed E-state index contributed by atoms with van der Waals surface area (Å²) in [7, 11) is 0. The number of aryl methyl sites for hydroxylation is 1. The van der Waals surface area contributed by atoms with Crippen LogP contribution in [0.2, 0.25) is 5.02 Å². The minimum Gasteiger partial charge on any atom is -0.323 e. The summed E-state index contributed by atoms with van der Waals surface area (Å²) in [5, 5.41) is 4.98. The van der Waals surface area contributed by atoms with Crippen LogP contribution in [-0.4, -0.2) is 9.78 Å². The zero-order valence-electron chi connectivity index (χ0n) is 12.1. The van der Waals surface area contributed by atoms with Gasteiger partial charge in [-0.3, -0.25) is 4.68 Å². The molecule has 0 amide bonds. The molecule has 0 radical (unpaired) electrons. The van der Waals surface area contributed by atoms with Crippen molar-refractivity contribution in [1.29, 1.82) is 0 Å². The molecular formula is C16H22ClN3. The van der Waals surface area contributed by atoms with Gasteiger partial charge >= 0.3 is 0 Å². The third-order valence-electron chi connectivity index (χ3n) is 3.45. The van der Waals surface area contributed by atoms with E-state index in [1.165, 1.54) is 5.56 Å². The number of halogens is 1. The average Bonchev–Trinajstić information content (AvgIpc) is 2.82. The first kappa shape index (κ1) is 15.1. The lowest BCUT2D eigenvalue weighted by Gasteiger charge is -2.17. The molecule has 2 rings (SSSR count). The SMILES string of the molecule is CC(C)n1ncc(Cl)c1C(N)CCCc1ccccc1. The fraction of sp³-hybridized carbons (Fsp3) is 0.438. The van der Waals surface area contributed by atoms with Crippen LogP contribution >= 0.6 is 11.6 Å². The molecule has 0 spiro atoms. The van der Waals surface area contributed by atoms with Crippen LogP contribution in [0.4, 0.5) is 0 Å². The van der Waals surface area contributed by atoms with Gasteiger partial charge in [-0.15, -0.1) is 0 Å². The average molecular weight is 292 g/mol. The summed E-state index contributed by atoms with van der Waals surface area (Å²) in [5.74, 6) is 0. The second-order valence-corrected chi connectivity index (χ2v) is 5.81. The third-order valence-corrected chi connectivity index (χ3v) is 3.74. The lowest BCUT2D eigenvalue weighted by atomic mass is 10.0. The van der Waals surface area contributed by atoms with E-state index in [9.17, 15) is 0 Å². The molecule has 0 saturated heterocycles. The van der Waals surface area contributed by atoms with E-state index < -0.39 is 0 Å². The van der Waals surface area contributed by atoms with Crippen LogP contribution in [0.5, 0.6) is 0 Å². The second-order valence-electron chi connectivity index (χ2n) is 5.40. The topological polar surface area (TPSA) is 43.8 Å².